The highest BCUT2D eigenvalue weighted by atomic mass is 14.8. The van der Waals surface area contributed by atoms with Crippen molar-refractivity contribution in [1.29, 1.82) is 0 Å². The van der Waals surface area contributed by atoms with Gasteiger partial charge in [-0.25, -0.2) is 4.98 Å². The maximum absolute atomic E-state index is 5.68. The first-order valence-electron chi connectivity index (χ1n) is 5.22. The van der Waals surface area contributed by atoms with Crippen molar-refractivity contribution in [2.45, 2.75) is 13.5 Å². The molecule has 16 heavy (non-hydrogen) atoms. The third-order valence-electron chi connectivity index (χ3n) is 2.64. The zero-order chi connectivity index (χ0) is 11.5. The standard InChI is InChI=1S/C13H15N3/c1-9-6-12(8-16-13(9)15)11-4-2-10(7-14)3-5-11/h2-6,8H,7,14H2,1H3,(H2,15,16). The van der Waals surface area contributed by atoms with E-state index in [4.69, 9.17) is 11.5 Å². The van der Waals surface area contributed by atoms with Crippen molar-refractivity contribution in [3.8, 4) is 11.1 Å². The van der Waals surface area contributed by atoms with Crippen LogP contribution in [0.15, 0.2) is 36.5 Å². The molecule has 0 spiro atoms. The van der Waals surface area contributed by atoms with Gasteiger partial charge in [0.15, 0.2) is 0 Å². The molecule has 1 heterocycles. The molecule has 3 nitrogen and oxygen atoms in total. The first-order valence-corrected chi connectivity index (χ1v) is 5.22. The zero-order valence-electron chi connectivity index (χ0n) is 9.27. The third-order valence-corrected chi connectivity index (χ3v) is 2.64. The fourth-order valence-corrected chi connectivity index (χ4v) is 1.58. The van der Waals surface area contributed by atoms with Gasteiger partial charge in [0, 0.05) is 18.3 Å². The van der Waals surface area contributed by atoms with E-state index in [-0.39, 0.29) is 0 Å². The minimum atomic E-state index is 0.569. The summed E-state index contributed by atoms with van der Waals surface area (Å²) in [6.45, 7) is 2.53. The summed E-state index contributed by atoms with van der Waals surface area (Å²) < 4.78 is 0. The molecule has 0 fully saturated rings. The Morgan fingerprint density at radius 1 is 1.12 bits per heavy atom. The maximum atomic E-state index is 5.68. The van der Waals surface area contributed by atoms with E-state index >= 15 is 0 Å². The molecule has 2 aromatic rings. The van der Waals surface area contributed by atoms with Crippen LogP contribution in [-0.2, 0) is 6.54 Å². The molecule has 0 aliphatic rings. The van der Waals surface area contributed by atoms with Crippen molar-refractivity contribution >= 4 is 5.82 Å². The summed E-state index contributed by atoms with van der Waals surface area (Å²) in [6.07, 6.45) is 1.79. The molecule has 1 aromatic carbocycles. The highest BCUT2D eigenvalue weighted by Crippen LogP contribution is 2.21. The van der Waals surface area contributed by atoms with Crippen LogP contribution < -0.4 is 11.5 Å². The van der Waals surface area contributed by atoms with E-state index in [2.05, 4.69) is 17.1 Å². The topological polar surface area (TPSA) is 64.9 Å². The number of nitrogens with two attached hydrogens (primary N) is 2. The lowest BCUT2D eigenvalue weighted by molar-refractivity contribution is 1.07. The lowest BCUT2D eigenvalue weighted by atomic mass is 10.0. The van der Waals surface area contributed by atoms with Gasteiger partial charge in [-0.2, -0.15) is 0 Å². The van der Waals surface area contributed by atoms with Gasteiger partial charge >= 0.3 is 0 Å². The molecule has 1 aromatic heterocycles. The predicted molar refractivity (Wildman–Crippen MR) is 66.7 cm³/mol. The zero-order valence-corrected chi connectivity index (χ0v) is 9.27. The molecule has 2 rings (SSSR count). The van der Waals surface area contributed by atoms with Crippen LogP contribution >= 0.6 is 0 Å². The minimum Gasteiger partial charge on any atom is -0.383 e. The van der Waals surface area contributed by atoms with Gasteiger partial charge in [-0.05, 0) is 29.7 Å². The Kier molecular flexibility index (Phi) is 2.88. The Morgan fingerprint density at radius 2 is 1.81 bits per heavy atom. The second-order valence-electron chi connectivity index (χ2n) is 3.83. The Bertz CT molecular complexity index is 489. The number of benzene rings is 1. The van der Waals surface area contributed by atoms with Gasteiger partial charge in [0.2, 0.25) is 0 Å². The van der Waals surface area contributed by atoms with Gasteiger partial charge in [-0.15, -0.1) is 0 Å². The fourth-order valence-electron chi connectivity index (χ4n) is 1.58. The van der Waals surface area contributed by atoms with Crippen molar-refractivity contribution in [2.75, 3.05) is 5.73 Å². The van der Waals surface area contributed by atoms with Crippen LogP contribution in [0.5, 0.6) is 0 Å². The molecule has 0 saturated heterocycles. The van der Waals surface area contributed by atoms with E-state index < -0.39 is 0 Å². The highest BCUT2D eigenvalue weighted by molar-refractivity contribution is 5.65. The Labute approximate surface area is 95.1 Å². The normalized spacial score (nSPS) is 10.4. The lowest BCUT2D eigenvalue weighted by Gasteiger charge is -2.05. The van der Waals surface area contributed by atoms with Crippen LogP contribution in [0, 0.1) is 6.92 Å². The van der Waals surface area contributed by atoms with E-state index in [1.807, 2.05) is 25.1 Å². The number of pyridine rings is 1. The number of nitrogens with zero attached hydrogens (tertiary/aromatic N) is 1. The van der Waals surface area contributed by atoms with Crippen molar-refractivity contribution in [1.82, 2.24) is 4.98 Å². The van der Waals surface area contributed by atoms with Gasteiger partial charge in [-0.1, -0.05) is 24.3 Å². The number of anilines is 1. The van der Waals surface area contributed by atoms with Crippen LogP contribution in [0.25, 0.3) is 11.1 Å². The molecule has 0 radical (unpaired) electrons. The number of rotatable bonds is 2. The van der Waals surface area contributed by atoms with E-state index in [0.29, 0.717) is 12.4 Å². The second-order valence-corrected chi connectivity index (χ2v) is 3.83. The van der Waals surface area contributed by atoms with Gasteiger partial charge in [0.25, 0.3) is 0 Å². The van der Waals surface area contributed by atoms with E-state index in [1.54, 1.807) is 6.20 Å². The summed E-state index contributed by atoms with van der Waals surface area (Å²) in [5.41, 5.74) is 15.6. The summed E-state index contributed by atoms with van der Waals surface area (Å²) in [4.78, 5) is 4.15. The minimum absolute atomic E-state index is 0.569. The summed E-state index contributed by atoms with van der Waals surface area (Å²) >= 11 is 0. The summed E-state index contributed by atoms with van der Waals surface area (Å²) in [6, 6.07) is 10.2. The molecule has 0 atom stereocenters. The van der Waals surface area contributed by atoms with Gasteiger partial charge in [-0.3, -0.25) is 0 Å². The van der Waals surface area contributed by atoms with Crippen molar-refractivity contribution in [3.05, 3.63) is 47.7 Å². The quantitative estimate of drug-likeness (QED) is 0.802. The Morgan fingerprint density at radius 3 is 2.38 bits per heavy atom. The van der Waals surface area contributed by atoms with E-state index in [9.17, 15) is 0 Å². The molecule has 82 valence electrons. The molecule has 0 bridgehead atoms. The van der Waals surface area contributed by atoms with Gasteiger partial charge < -0.3 is 11.5 Å². The third kappa shape index (κ3) is 2.04. The molecular weight excluding hydrogens is 198 g/mol. The van der Waals surface area contributed by atoms with Crippen LogP contribution in [0.2, 0.25) is 0 Å². The van der Waals surface area contributed by atoms with Crippen molar-refractivity contribution in [2.24, 2.45) is 5.73 Å². The molecule has 3 heteroatoms. The number of aryl methyl sites for hydroxylation is 1. The number of hydrogen-bond donors (Lipinski definition) is 2. The number of nitrogen functional groups attached to an aromatic ring is 1. The number of hydrogen-bond acceptors (Lipinski definition) is 3. The SMILES string of the molecule is Cc1cc(-c2ccc(CN)cc2)cnc1N. The lowest BCUT2D eigenvalue weighted by Crippen LogP contribution is -1.96. The molecule has 0 aliphatic heterocycles. The second kappa shape index (κ2) is 4.33. The molecule has 4 N–H and O–H groups in total. The first kappa shape index (κ1) is 10.6. The average Bonchev–Trinajstić information content (AvgIpc) is 2.33. The smallest absolute Gasteiger partial charge is 0.126 e. The molecule has 0 saturated carbocycles. The molecule has 0 amide bonds. The van der Waals surface area contributed by atoms with Gasteiger partial charge in [0.1, 0.15) is 5.82 Å². The van der Waals surface area contributed by atoms with Gasteiger partial charge in [0.05, 0.1) is 0 Å². The average molecular weight is 213 g/mol. The molecular formula is C13H15N3. The Balaban J connectivity index is 2.38. The number of aromatic nitrogens is 1. The van der Waals surface area contributed by atoms with Crippen LogP contribution in [0.1, 0.15) is 11.1 Å². The van der Waals surface area contributed by atoms with Crippen LogP contribution in [-0.4, -0.2) is 4.98 Å². The van der Waals surface area contributed by atoms with Crippen molar-refractivity contribution in [3.63, 3.8) is 0 Å². The molecule has 0 unspecified atom stereocenters. The fraction of sp³-hybridized carbons (Fsp3) is 0.154. The maximum Gasteiger partial charge on any atom is 0.126 e. The summed E-state index contributed by atoms with van der Waals surface area (Å²) in [7, 11) is 0. The summed E-state index contributed by atoms with van der Waals surface area (Å²) in [5, 5.41) is 0. The Hall–Kier alpha value is -1.87. The van der Waals surface area contributed by atoms with E-state index in [0.717, 1.165) is 22.3 Å². The van der Waals surface area contributed by atoms with Crippen LogP contribution in [0.4, 0.5) is 5.82 Å². The van der Waals surface area contributed by atoms with E-state index in [1.165, 1.54) is 0 Å². The highest BCUT2D eigenvalue weighted by Gasteiger charge is 2.01. The van der Waals surface area contributed by atoms with Crippen LogP contribution in [0.3, 0.4) is 0 Å². The summed E-state index contributed by atoms with van der Waals surface area (Å²) in [5.74, 6) is 0.585. The predicted octanol–water partition coefficient (Wildman–Crippen LogP) is 2.10. The molecule has 0 aliphatic carbocycles. The van der Waals surface area contributed by atoms with Crippen molar-refractivity contribution < 1.29 is 0 Å². The first-order chi connectivity index (χ1) is 7.70. The monoisotopic (exact) mass is 213 g/mol. The largest absolute Gasteiger partial charge is 0.383 e.